The summed E-state index contributed by atoms with van der Waals surface area (Å²) in [5.74, 6) is -0.895. The molecule has 28 heavy (non-hydrogen) atoms. The maximum atomic E-state index is 13.7. The Kier molecular flexibility index (Phi) is 6.08. The molecule has 3 rings (SSSR count). The number of carbonyl (C=O) groups is 2. The third kappa shape index (κ3) is 4.22. The molecule has 0 unspecified atom stereocenters. The van der Waals surface area contributed by atoms with Crippen LogP contribution in [0.5, 0.6) is 0 Å². The van der Waals surface area contributed by atoms with Crippen LogP contribution in [0.3, 0.4) is 0 Å². The monoisotopic (exact) mass is 388 g/mol. The van der Waals surface area contributed by atoms with Gasteiger partial charge in [-0.2, -0.15) is 0 Å². The molecule has 2 amide bonds. The molecule has 7 nitrogen and oxygen atoms in total. The van der Waals surface area contributed by atoms with Crippen molar-refractivity contribution < 1.29 is 14.0 Å². The molecule has 1 aromatic heterocycles. The van der Waals surface area contributed by atoms with E-state index in [9.17, 15) is 18.8 Å². The van der Waals surface area contributed by atoms with Crippen LogP contribution in [0.1, 0.15) is 29.6 Å². The Morgan fingerprint density at radius 3 is 2.89 bits per heavy atom. The number of likely N-dealkylation sites (N-methyl/N-ethyl adjacent to an activating group) is 1. The van der Waals surface area contributed by atoms with Crippen molar-refractivity contribution >= 4 is 22.7 Å². The molecule has 1 atom stereocenters. The first-order valence-corrected chi connectivity index (χ1v) is 9.41. The van der Waals surface area contributed by atoms with Crippen molar-refractivity contribution in [2.45, 2.75) is 25.3 Å². The van der Waals surface area contributed by atoms with E-state index in [1.807, 2.05) is 23.9 Å². The van der Waals surface area contributed by atoms with E-state index in [0.717, 1.165) is 13.0 Å². The Balaban J connectivity index is 1.61. The Hall–Kier alpha value is -2.74. The van der Waals surface area contributed by atoms with Gasteiger partial charge >= 0.3 is 0 Å². The summed E-state index contributed by atoms with van der Waals surface area (Å²) < 4.78 is 13.7. The van der Waals surface area contributed by atoms with Gasteiger partial charge < -0.3 is 20.1 Å². The number of H-pyrrole nitrogens is 1. The standard InChI is InChI=1S/C20H25FN4O3/c1-24(2)10-11-25-13(6-7-17(25)26)8-9-22-20(28)15-12-23-18-14(19(15)27)4-3-5-16(18)21/h3-5,12-13H,6-11H2,1-2H3,(H,22,28)(H,23,27)/t13-/m0/s1. The molecule has 2 N–H and O–H groups in total. The molecule has 150 valence electrons. The van der Waals surface area contributed by atoms with Crippen molar-refractivity contribution in [1.29, 1.82) is 0 Å². The highest BCUT2D eigenvalue weighted by atomic mass is 19.1. The molecule has 1 aliphatic rings. The van der Waals surface area contributed by atoms with Crippen molar-refractivity contribution in [2.75, 3.05) is 33.7 Å². The lowest BCUT2D eigenvalue weighted by Crippen LogP contribution is -2.40. The molecule has 1 aromatic carbocycles. The number of nitrogens with zero attached hydrogens (tertiary/aromatic N) is 2. The predicted molar refractivity (Wildman–Crippen MR) is 105 cm³/mol. The lowest BCUT2D eigenvalue weighted by Gasteiger charge is -2.26. The number of para-hydroxylation sites is 1. The van der Waals surface area contributed by atoms with Crippen molar-refractivity contribution in [3.63, 3.8) is 0 Å². The zero-order valence-electron chi connectivity index (χ0n) is 16.1. The zero-order chi connectivity index (χ0) is 20.3. The van der Waals surface area contributed by atoms with Crippen molar-refractivity contribution in [2.24, 2.45) is 0 Å². The van der Waals surface area contributed by atoms with Gasteiger partial charge in [-0.15, -0.1) is 0 Å². The minimum Gasteiger partial charge on any atom is -0.358 e. The number of nitrogens with one attached hydrogen (secondary N) is 2. The fourth-order valence-corrected chi connectivity index (χ4v) is 3.54. The van der Waals surface area contributed by atoms with Crippen LogP contribution in [0.2, 0.25) is 0 Å². The number of fused-ring (bicyclic) bond motifs is 1. The number of rotatable bonds is 7. The largest absolute Gasteiger partial charge is 0.358 e. The number of benzene rings is 1. The number of halogens is 1. The zero-order valence-corrected chi connectivity index (χ0v) is 16.1. The van der Waals surface area contributed by atoms with E-state index < -0.39 is 17.2 Å². The number of hydrogen-bond acceptors (Lipinski definition) is 4. The summed E-state index contributed by atoms with van der Waals surface area (Å²) in [6, 6.07) is 4.27. The topological polar surface area (TPSA) is 85.5 Å². The number of likely N-dealkylation sites (tertiary alicyclic amines) is 1. The minimum atomic E-state index is -0.537. The fraction of sp³-hybridized carbons (Fsp3) is 0.450. The van der Waals surface area contributed by atoms with Crippen LogP contribution in [0.25, 0.3) is 10.9 Å². The average Bonchev–Trinajstić information content (AvgIpc) is 3.00. The van der Waals surface area contributed by atoms with Crippen LogP contribution in [-0.4, -0.2) is 66.4 Å². The maximum Gasteiger partial charge on any atom is 0.256 e. The maximum absolute atomic E-state index is 13.7. The van der Waals surface area contributed by atoms with E-state index in [1.165, 1.54) is 24.4 Å². The number of aromatic nitrogens is 1. The van der Waals surface area contributed by atoms with Crippen LogP contribution < -0.4 is 10.7 Å². The number of aromatic amines is 1. The summed E-state index contributed by atoms with van der Waals surface area (Å²) >= 11 is 0. The molecule has 2 aromatic rings. The first kappa shape index (κ1) is 20.0. The van der Waals surface area contributed by atoms with Gasteiger partial charge in [-0.1, -0.05) is 6.07 Å². The smallest absolute Gasteiger partial charge is 0.256 e. The molecular formula is C20H25FN4O3. The molecule has 0 saturated carbocycles. The second-order valence-electron chi connectivity index (χ2n) is 7.32. The molecule has 1 saturated heterocycles. The van der Waals surface area contributed by atoms with Gasteiger partial charge in [0, 0.05) is 43.7 Å². The Bertz CT molecular complexity index is 941. The highest BCUT2D eigenvalue weighted by Gasteiger charge is 2.30. The van der Waals surface area contributed by atoms with E-state index in [2.05, 4.69) is 10.3 Å². The van der Waals surface area contributed by atoms with E-state index in [1.54, 1.807) is 0 Å². The van der Waals surface area contributed by atoms with E-state index in [-0.39, 0.29) is 28.4 Å². The van der Waals surface area contributed by atoms with Crippen LogP contribution in [0.4, 0.5) is 4.39 Å². The molecule has 0 aliphatic carbocycles. The van der Waals surface area contributed by atoms with Gasteiger partial charge in [0.15, 0.2) is 0 Å². The summed E-state index contributed by atoms with van der Waals surface area (Å²) in [7, 11) is 3.92. The highest BCUT2D eigenvalue weighted by Crippen LogP contribution is 2.20. The molecule has 0 radical (unpaired) electrons. The van der Waals surface area contributed by atoms with Gasteiger partial charge in [-0.25, -0.2) is 4.39 Å². The van der Waals surface area contributed by atoms with Crippen molar-refractivity contribution in [3.8, 4) is 0 Å². The van der Waals surface area contributed by atoms with Crippen LogP contribution in [-0.2, 0) is 4.79 Å². The van der Waals surface area contributed by atoms with Crippen LogP contribution in [0.15, 0.2) is 29.2 Å². The summed E-state index contributed by atoms with van der Waals surface area (Å²) in [5.41, 5.74) is -0.468. The minimum absolute atomic E-state index is 0.0509. The van der Waals surface area contributed by atoms with Gasteiger partial charge in [-0.05, 0) is 39.1 Å². The summed E-state index contributed by atoms with van der Waals surface area (Å²) in [5, 5.41) is 2.89. The number of amides is 2. The lowest BCUT2D eigenvalue weighted by atomic mass is 10.1. The van der Waals surface area contributed by atoms with Gasteiger partial charge in [0.25, 0.3) is 5.91 Å². The molecule has 1 aliphatic heterocycles. The molecule has 1 fully saturated rings. The quantitative estimate of drug-likeness (QED) is 0.750. The molecular weight excluding hydrogens is 363 g/mol. The normalized spacial score (nSPS) is 16.9. The predicted octanol–water partition coefficient (Wildman–Crippen LogP) is 1.34. The molecule has 0 bridgehead atoms. The van der Waals surface area contributed by atoms with Gasteiger partial charge in [0.2, 0.25) is 11.3 Å². The molecule has 8 heteroatoms. The van der Waals surface area contributed by atoms with Crippen LogP contribution in [0, 0.1) is 5.82 Å². The summed E-state index contributed by atoms with van der Waals surface area (Å²) in [6.07, 6.45) is 3.18. The van der Waals surface area contributed by atoms with Crippen molar-refractivity contribution in [1.82, 2.24) is 20.1 Å². The van der Waals surface area contributed by atoms with E-state index >= 15 is 0 Å². The van der Waals surface area contributed by atoms with Gasteiger partial charge in [-0.3, -0.25) is 14.4 Å². The Morgan fingerprint density at radius 1 is 1.36 bits per heavy atom. The van der Waals surface area contributed by atoms with Crippen molar-refractivity contribution in [3.05, 3.63) is 46.0 Å². The second kappa shape index (κ2) is 8.52. The first-order valence-electron chi connectivity index (χ1n) is 9.41. The fourth-order valence-electron chi connectivity index (χ4n) is 3.54. The third-order valence-corrected chi connectivity index (χ3v) is 5.11. The Labute approximate surface area is 162 Å². The van der Waals surface area contributed by atoms with E-state index in [0.29, 0.717) is 25.9 Å². The second-order valence-corrected chi connectivity index (χ2v) is 7.32. The average molecular weight is 388 g/mol. The Morgan fingerprint density at radius 2 is 2.14 bits per heavy atom. The third-order valence-electron chi connectivity index (χ3n) is 5.11. The van der Waals surface area contributed by atoms with Gasteiger partial charge in [0.1, 0.15) is 11.4 Å². The number of hydrogen-bond donors (Lipinski definition) is 2. The molecule has 0 spiro atoms. The lowest BCUT2D eigenvalue weighted by molar-refractivity contribution is -0.129. The molecule has 2 heterocycles. The SMILES string of the molecule is CN(C)CCN1C(=O)CC[C@H]1CCNC(=O)c1c[nH]c2c(F)cccc2c1=O. The van der Waals surface area contributed by atoms with Gasteiger partial charge in [0.05, 0.1) is 5.52 Å². The first-order chi connectivity index (χ1) is 13.4. The summed E-state index contributed by atoms with van der Waals surface area (Å²) in [6.45, 7) is 1.81. The van der Waals surface area contributed by atoms with Crippen LogP contribution >= 0.6 is 0 Å². The number of pyridine rings is 1. The number of carbonyl (C=O) groups excluding carboxylic acids is 2. The highest BCUT2D eigenvalue weighted by molar-refractivity contribution is 5.97. The van der Waals surface area contributed by atoms with E-state index in [4.69, 9.17) is 0 Å². The summed E-state index contributed by atoms with van der Waals surface area (Å²) in [4.78, 5) is 43.5.